The van der Waals surface area contributed by atoms with Gasteiger partial charge in [0.15, 0.2) is 5.76 Å². The standard InChI is InChI=1S/C21H16N2O4/c24-20-17(13-26-18-9-5-4-8-16(18)22-20)23-21(25)19-11-10-15(27-19)12-14-6-2-1-3-7-14/h1-11H,12-13H2,(H,22,24)/b23-17+. The number of anilines is 1. The van der Waals surface area contributed by atoms with Gasteiger partial charge in [0.05, 0.1) is 5.69 Å². The molecule has 134 valence electrons. The third-order valence-corrected chi connectivity index (χ3v) is 4.09. The van der Waals surface area contributed by atoms with Crippen LogP contribution < -0.4 is 10.1 Å². The molecule has 2 aromatic carbocycles. The lowest BCUT2D eigenvalue weighted by Gasteiger charge is -2.04. The van der Waals surface area contributed by atoms with Crippen LogP contribution in [0.5, 0.6) is 5.75 Å². The van der Waals surface area contributed by atoms with Gasteiger partial charge in [-0.3, -0.25) is 9.59 Å². The Morgan fingerprint density at radius 1 is 1.00 bits per heavy atom. The number of benzene rings is 2. The Morgan fingerprint density at radius 3 is 2.63 bits per heavy atom. The Kier molecular flexibility index (Phi) is 4.53. The van der Waals surface area contributed by atoms with E-state index >= 15 is 0 Å². The predicted molar refractivity (Wildman–Crippen MR) is 100 cm³/mol. The Hall–Kier alpha value is -3.67. The van der Waals surface area contributed by atoms with Crippen molar-refractivity contribution in [2.24, 2.45) is 4.99 Å². The highest BCUT2D eigenvalue weighted by atomic mass is 16.5. The fraction of sp³-hybridized carbons (Fsp3) is 0.0952. The first kappa shape index (κ1) is 16.8. The quantitative estimate of drug-likeness (QED) is 0.775. The van der Waals surface area contributed by atoms with Crippen LogP contribution in [-0.2, 0) is 11.2 Å². The van der Waals surface area contributed by atoms with Crippen LogP contribution in [-0.4, -0.2) is 24.1 Å². The molecule has 0 saturated heterocycles. The van der Waals surface area contributed by atoms with Gasteiger partial charge in [-0.05, 0) is 29.8 Å². The first-order valence-electron chi connectivity index (χ1n) is 8.47. The normalized spacial score (nSPS) is 14.8. The number of aliphatic imine (C=N–C) groups is 1. The summed E-state index contributed by atoms with van der Waals surface area (Å²) in [7, 11) is 0. The number of rotatable bonds is 3. The number of amides is 2. The lowest BCUT2D eigenvalue weighted by atomic mass is 10.1. The van der Waals surface area contributed by atoms with Crippen LogP contribution in [0.25, 0.3) is 0 Å². The van der Waals surface area contributed by atoms with Crippen LogP contribution in [0.3, 0.4) is 0 Å². The molecule has 3 aromatic rings. The molecule has 4 rings (SSSR count). The molecule has 1 aliphatic rings. The summed E-state index contributed by atoms with van der Waals surface area (Å²) < 4.78 is 11.1. The Morgan fingerprint density at radius 2 is 1.78 bits per heavy atom. The number of hydrogen-bond donors (Lipinski definition) is 1. The maximum absolute atomic E-state index is 12.4. The highest BCUT2D eigenvalue weighted by molar-refractivity contribution is 6.45. The zero-order chi connectivity index (χ0) is 18.6. The van der Waals surface area contributed by atoms with E-state index in [0.717, 1.165) is 5.56 Å². The highest BCUT2D eigenvalue weighted by Crippen LogP contribution is 2.25. The number of fused-ring (bicyclic) bond motifs is 1. The van der Waals surface area contributed by atoms with E-state index in [1.165, 1.54) is 0 Å². The van der Waals surface area contributed by atoms with Crippen molar-refractivity contribution >= 4 is 23.2 Å². The lowest BCUT2D eigenvalue weighted by Crippen LogP contribution is -2.26. The van der Waals surface area contributed by atoms with Gasteiger partial charge in [0.25, 0.3) is 5.91 Å². The van der Waals surface area contributed by atoms with Gasteiger partial charge in [-0.1, -0.05) is 42.5 Å². The summed E-state index contributed by atoms with van der Waals surface area (Å²) in [6.45, 7) is -0.0911. The van der Waals surface area contributed by atoms with E-state index < -0.39 is 11.8 Å². The van der Waals surface area contributed by atoms with E-state index in [1.807, 2.05) is 30.3 Å². The molecule has 0 fully saturated rings. The second-order valence-electron chi connectivity index (χ2n) is 6.03. The second kappa shape index (κ2) is 7.29. The van der Waals surface area contributed by atoms with Crippen LogP contribution in [0.15, 0.2) is 76.1 Å². The first-order chi connectivity index (χ1) is 13.2. The molecule has 2 heterocycles. The molecule has 0 radical (unpaired) electrons. The molecule has 1 N–H and O–H groups in total. The largest absolute Gasteiger partial charge is 0.485 e. The average Bonchev–Trinajstić information content (AvgIpc) is 3.09. The molecule has 0 bridgehead atoms. The second-order valence-corrected chi connectivity index (χ2v) is 6.03. The van der Waals surface area contributed by atoms with Gasteiger partial charge < -0.3 is 14.5 Å². The summed E-state index contributed by atoms with van der Waals surface area (Å²) in [5, 5.41) is 2.69. The number of furan rings is 1. The molecule has 0 atom stereocenters. The minimum atomic E-state index is -0.617. The summed E-state index contributed by atoms with van der Waals surface area (Å²) in [6, 6.07) is 20.1. The maximum atomic E-state index is 12.4. The Bertz CT molecular complexity index is 1020. The summed E-state index contributed by atoms with van der Waals surface area (Å²) in [4.78, 5) is 28.6. The van der Waals surface area contributed by atoms with Crippen LogP contribution in [0.4, 0.5) is 5.69 Å². The van der Waals surface area contributed by atoms with Crippen molar-refractivity contribution in [1.29, 1.82) is 0 Å². The number of carbonyl (C=O) groups excluding carboxylic acids is 2. The summed E-state index contributed by atoms with van der Waals surface area (Å²) >= 11 is 0. The third kappa shape index (κ3) is 3.79. The summed E-state index contributed by atoms with van der Waals surface area (Å²) in [5.41, 5.74) is 1.62. The van der Waals surface area contributed by atoms with E-state index in [4.69, 9.17) is 9.15 Å². The predicted octanol–water partition coefficient (Wildman–Crippen LogP) is 3.48. The van der Waals surface area contributed by atoms with Crippen LogP contribution in [0, 0.1) is 0 Å². The zero-order valence-corrected chi connectivity index (χ0v) is 14.3. The van der Waals surface area contributed by atoms with Gasteiger partial charge in [0.1, 0.15) is 23.8 Å². The van der Waals surface area contributed by atoms with Crippen LogP contribution in [0.1, 0.15) is 21.9 Å². The molecule has 0 unspecified atom stereocenters. The van der Waals surface area contributed by atoms with E-state index in [2.05, 4.69) is 10.3 Å². The number of carbonyl (C=O) groups is 2. The Balaban J connectivity index is 1.49. The van der Waals surface area contributed by atoms with Gasteiger partial charge in [-0.15, -0.1) is 0 Å². The first-order valence-corrected chi connectivity index (χ1v) is 8.47. The monoisotopic (exact) mass is 360 g/mol. The van der Waals surface area contributed by atoms with E-state index in [1.54, 1.807) is 36.4 Å². The maximum Gasteiger partial charge on any atom is 0.313 e. The van der Waals surface area contributed by atoms with Gasteiger partial charge in [0, 0.05) is 6.42 Å². The van der Waals surface area contributed by atoms with Crippen LogP contribution in [0.2, 0.25) is 0 Å². The Labute approximate surface area is 155 Å². The van der Waals surface area contributed by atoms with E-state index in [-0.39, 0.29) is 18.1 Å². The molecule has 27 heavy (non-hydrogen) atoms. The smallest absolute Gasteiger partial charge is 0.313 e. The van der Waals surface area contributed by atoms with E-state index in [9.17, 15) is 9.59 Å². The van der Waals surface area contributed by atoms with Gasteiger partial charge in [0.2, 0.25) is 0 Å². The minimum Gasteiger partial charge on any atom is -0.485 e. The van der Waals surface area contributed by atoms with Crippen molar-refractivity contribution in [2.75, 3.05) is 11.9 Å². The minimum absolute atomic E-state index is 0.00258. The van der Waals surface area contributed by atoms with Crippen molar-refractivity contribution in [1.82, 2.24) is 0 Å². The third-order valence-electron chi connectivity index (χ3n) is 4.09. The van der Waals surface area contributed by atoms with Gasteiger partial charge in [-0.25, -0.2) is 4.99 Å². The van der Waals surface area contributed by atoms with Crippen molar-refractivity contribution in [3.8, 4) is 5.75 Å². The van der Waals surface area contributed by atoms with Gasteiger partial charge >= 0.3 is 5.91 Å². The van der Waals surface area contributed by atoms with Crippen molar-refractivity contribution < 1.29 is 18.7 Å². The fourth-order valence-electron chi connectivity index (χ4n) is 2.75. The molecule has 1 aromatic heterocycles. The van der Waals surface area contributed by atoms with E-state index in [0.29, 0.717) is 23.6 Å². The lowest BCUT2D eigenvalue weighted by molar-refractivity contribution is -0.110. The highest BCUT2D eigenvalue weighted by Gasteiger charge is 2.22. The average molecular weight is 360 g/mol. The number of para-hydroxylation sites is 2. The van der Waals surface area contributed by atoms with Crippen molar-refractivity contribution in [3.63, 3.8) is 0 Å². The molecule has 6 heteroatoms. The molecule has 2 amide bonds. The summed E-state index contributed by atoms with van der Waals surface area (Å²) in [5.74, 6) is 0.187. The number of nitrogens with zero attached hydrogens (tertiary/aromatic N) is 1. The molecular weight excluding hydrogens is 344 g/mol. The summed E-state index contributed by atoms with van der Waals surface area (Å²) in [6.07, 6.45) is 0.573. The molecule has 0 aliphatic carbocycles. The van der Waals surface area contributed by atoms with Crippen LogP contribution >= 0.6 is 0 Å². The number of ether oxygens (including phenoxy) is 1. The molecule has 0 saturated carbocycles. The SMILES string of the molecule is O=C1Nc2ccccc2OC/C1=N\C(=O)c1ccc(Cc2ccccc2)o1. The molecule has 0 spiro atoms. The molecular formula is C21H16N2O4. The molecule has 1 aliphatic heterocycles. The van der Waals surface area contributed by atoms with Crippen molar-refractivity contribution in [2.45, 2.75) is 6.42 Å². The zero-order valence-electron chi connectivity index (χ0n) is 14.3. The number of nitrogens with one attached hydrogen (secondary N) is 1. The fourth-order valence-corrected chi connectivity index (χ4v) is 2.75. The molecule has 6 nitrogen and oxygen atoms in total. The number of hydrogen-bond acceptors (Lipinski definition) is 4. The topological polar surface area (TPSA) is 80.9 Å². The van der Waals surface area contributed by atoms with Gasteiger partial charge in [-0.2, -0.15) is 0 Å². The van der Waals surface area contributed by atoms with Crippen molar-refractivity contribution in [3.05, 3.63) is 83.8 Å².